The molecular weight excluding hydrogens is 212 g/mol. The fourth-order valence-electron chi connectivity index (χ4n) is 1.16. The minimum atomic E-state index is -0.805. The molecule has 0 saturated carbocycles. The molecule has 1 saturated heterocycles. The van der Waals surface area contributed by atoms with Gasteiger partial charge in [0.1, 0.15) is 4.83 Å². The van der Waals surface area contributed by atoms with Crippen LogP contribution in [-0.2, 0) is 9.53 Å². The molecule has 64 valence electrons. The van der Waals surface area contributed by atoms with Gasteiger partial charge in [-0.1, -0.05) is 15.9 Å². The summed E-state index contributed by atoms with van der Waals surface area (Å²) >= 11 is 3.07. The highest BCUT2D eigenvalue weighted by Crippen LogP contribution is 2.20. The van der Waals surface area contributed by atoms with Crippen LogP contribution in [0.1, 0.15) is 19.3 Å². The second-order valence-electron chi connectivity index (χ2n) is 2.68. The standard InChI is InChI=1S/C7H11BrO3/c8-6(7(9)10)4-5-2-1-3-11-5/h5-6H,1-4H2,(H,9,10)/t5-,6-/m0/s1. The van der Waals surface area contributed by atoms with E-state index in [1.807, 2.05) is 0 Å². The summed E-state index contributed by atoms with van der Waals surface area (Å²) in [6.07, 6.45) is 2.78. The van der Waals surface area contributed by atoms with Crippen molar-refractivity contribution in [2.45, 2.75) is 30.2 Å². The van der Waals surface area contributed by atoms with Crippen LogP contribution in [0.15, 0.2) is 0 Å². The predicted molar refractivity (Wildman–Crippen MR) is 43.9 cm³/mol. The molecule has 0 aromatic rings. The number of carboxylic acid groups (broad SMARTS) is 1. The van der Waals surface area contributed by atoms with Crippen molar-refractivity contribution in [2.24, 2.45) is 0 Å². The Balaban J connectivity index is 2.23. The fraction of sp³-hybridized carbons (Fsp3) is 0.857. The third kappa shape index (κ3) is 2.79. The Morgan fingerprint density at radius 1 is 1.82 bits per heavy atom. The summed E-state index contributed by atoms with van der Waals surface area (Å²) in [4.78, 5) is 9.93. The Labute approximate surface area is 73.9 Å². The molecule has 0 aromatic heterocycles. The second-order valence-corrected chi connectivity index (χ2v) is 3.78. The van der Waals surface area contributed by atoms with Crippen LogP contribution >= 0.6 is 15.9 Å². The van der Waals surface area contributed by atoms with E-state index in [-0.39, 0.29) is 6.10 Å². The first-order valence-electron chi connectivity index (χ1n) is 3.68. The Kier molecular flexibility index (Phi) is 3.33. The van der Waals surface area contributed by atoms with Crippen LogP contribution in [-0.4, -0.2) is 28.6 Å². The number of aliphatic carboxylic acids is 1. The summed E-state index contributed by atoms with van der Waals surface area (Å²) in [6, 6.07) is 0. The lowest BCUT2D eigenvalue weighted by Crippen LogP contribution is -2.19. The first-order chi connectivity index (χ1) is 5.20. The second kappa shape index (κ2) is 4.07. The van der Waals surface area contributed by atoms with Gasteiger partial charge >= 0.3 is 5.97 Å². The number of rotatable bonds is 3. The average molecular weight is 223 g/mol. The Morgan fingerprint density at radius 3 is 3.00 bits per heavy atom. The summed E-state index contributed by atoms with van der Waals surface area (Å²) in [6.45, 7) is 0.782. The Bertz CT molecular complexity index is 143. The summed E-state index contributed by atoms with van der Waals surface area (Å²) in [5.41, 5.74) is 0. The van der Waals surface area contributed by atoms with Crippen molar-refractivity contribution in [3.8, 4) is 0 Å². The summed E-state index contributed by atoms with van der Waals surface area (Å²) in [5, 5.41) is 8.54. The zero-order chi connectivity index (χ0) is 8.27. The third-order valence-corrected chi connectivity index (χ3v) is 2.53. The molecule has 0 radical (unpaired) electrons. The molecule has 0 bridgehead atoms. The van der Waals surface area contributed by atoms with E-state index in [0.29, 0.717) is 6.42 Å². The molecule has 0 amide bonds. The molecule has 1 heterocycles. The number of hydrogen-bond acceptors (Lipinski definition) is 2. The zero-order valence-electron chi connectivity index (χ0n) is 6.12. The van der Waals surface area contributed by atoms with Crippen LogP contribution in [0.2, 0.25) is 0 Å². The minimum absolute atomic E-state index is 0.149. The van der Waals surface area contributed by atoms with E-state index in [2.05, 4.69) is 15.9 Å². The van der Waals surface area contributed by atoms with Crippen LogP contribution in [0.3, 0.4) is 0 Å². The lowest BCUT2D eigenvalue weighted by molar-refractivity contribution is -0.136. The fourth-order valence-corrected chi connectivity index (χ4v) is 1.58. The van der Waals surface area contributed by atoms with Gasteiger partial charge in [-0.15, -0.1) is 0 Å². The van der Waals surface area contributed by atoms with E-state index in [1.54, 1.807) is 0 Å². The van der Waals surface area contributed by atoms with E-state index in [4.69, 9.17) is 9.84 Å². The Morgan fingerprint density at radius 2 is 2.55 bits per heavy atom. The third-order valence-electron chi connectivity index (χ3n) is 1.76. The molecule has 0 aliphatic carbocycles. The van der Waals surface area contributed by atoms with Crippen LogP contribution in [0.25, 0.3) is 0 Å². The van der Waals surface area contributed by atoms with E-state index in [1.165, 1.54) is 0 Å². The molecule has 4 heteroatoms. The molecule has 0 spiro atoms. The normalized spacial score (nSPS) is 26.8. The topological polar surface area (TPSA) is 46.5 Å². The number of hydrogen-bond donors (Lipinski definition) is 1. The molecule has 3 nitrogen and oxygen atoms in total. The van der Waals surface area contributed by atoms with Gasteiger partial charge in [0.05, 0.1) is 6.10 Å². The Hall–Kier alpha value is -0.0900. The first-order valence-corrected chi connectivity index (χ1v) is 4.60. The highest BCUT2D eigenvalue weighted by molar-refractivity contribution is 9.10. The smallest absolute Gasteiger partial charge is 0.317 e. The SMILES string of the molecule is O=C(O)[C@@H](Br)C[C@@H]1CCCO1. The van der Waals surface area contributed by atoms with E-state index < -0.39 is 10.8 Å². The molecule has 1 rings (SSSR count). The molecule has 1 aliphatic rings. The molecule has 1 N–H and O–H groups in total. The first kappa shape index (κ1) is 9.00. The van der Waals surface area contributed by atoms with Crippen LogP contribution in [0, 0.1) is 0 Å². The van der Waals surface area contributed by atoms with Gasteiger partial charge in [-0.3, -0.25) is 4.79 Å². The van der Waals surface area contributed by atoms with Gasteiger partial charge in [0, 0.05) is 6.61 Å². The molecule has 0 unspecified atom stereocenters. The molecule has 1 fully saturated rings. The maximum atomic E-state index is 10.4. The van der Waals surface area contributed by atoms with E-state index >= 15 is 0 Å². The number of halogens is 1. The van der Waals surface area contributed by atoms with Gasteiger partial charge < -0.3 is 9.84 Å². The summed E-state index contributed by atoms with van der Waals surface area (Å²) in [5.74, 6) is -0.805. The highest BCUT2D eigenvalue weighted by atomic mass is 79.9. The van der Waals surface area contributed by atoms with Crippen molar-refractivity contribution < 1.29 is 14.6 Å². The van der Waals surface area contributed by atoms with Crippen molar-refractivity contribution in [2.75, 3.05) is 6.61 Å². The molecular formula is C7H11BrO3. The average Bonchev–Trinajstić information content (AvgIpc) is 2.39. The highest BCUT2D eigenvalue weighted by Gasteiger charge is 2.22. The van der Waals surface area contributed by atoms with Gasteiger partial charge in [0.15, 0.2) is 0 Å². The lowest BCUT2D eigenvalue weighted by atomic mass is 10.1. The van der Waals surface area contributed by atoms with Crippen LogP contribution in [0.5, 0.6) is 0 Å². The largest absolute Gasteiger partial charge is 0.480 e. The van der Waals surface area contributed by atoms with Crippen molar-refractivity contribution in [1.29, 1.82) is 0 Å². The summed E-state index contributed by atoms with van der Waals surface area (Å²) < 4.78 is 5.28. The van der Waals surface area contributed by atoms with Crippen molar-refractivity contribution in [3.05, 3.63) is 0 Å². The van der Waals surface area contributed by atoms with Gasteiger partial charge in [0.25, 0.3) is 0 Å². The van der Waals surface area contributed by atoms with Gasteiger partial charge in [-0.05, 0) is 19.3 Å². The maximum absolute atomic E-state index is 10.4. The van der Waals surface area contributed by atoms with Gasteiger partial charge in [0.2, 0.25) is 0 Å². The number of ether oxygens (including phenoxy) is 1. The number of alkyl halides is 1. The maximum Gasteiger partial charge on any atom is 0.317 e. The molecule has 11 heavy (non-hydrogen) atoms. The number of carbonyl (C=O) groups is 1. The quantitative estimate of drug-likeness (QED) is 0.735. The van der Waals surface area contributed by atoms with Crippen molar-refractivity contribution in [1.82, 2.24) is 0 Å². The van der Waals surface area contributed by atoms with Crippen molar-refractivity contribution in [3.63, 3.8) is 0 Å². The molecule has 2 atom stereocenters. The van der Waals surface area contributed by atoms with Gasteiger partial charge in [-0.25, -0.2) is 0 Å². The van der Waals surface area contributed by atoms with Crippen LogP contribution in [0.4, 0.5) is 0 Å². The monoisotopic (exact) mass is 222 g/mol. The number of carboxylic acids is 1. The lowest BCUT2D eigenvalue weighted by Gasteiger charge is -2.10. The summed E-state index contributed by atoms with van der Waals surface area (Å²) in [7, 11) is 0. The molecule has 0 aromatic carbocycles. The zero-order valence-corrected chi connectivity index (χ0v) is 7.71. The van der Waals surface area contributed by atoms with E-state index in [0.717, 1.165) is 19.4 Å². The van der Waals surface area contributed by atoms with Gasteiger partial charge in [-0.2, -0.15) is 0 Å². The molecule has 1 aliphatic heterocycles. The predicted octanol–water partition coefficient (Wildman–Crippen LogP) is 1.40. The van der Waals surface area contributed by atoms with Crippen molar-refractivity contribution >= 4 is 21.9 Å². The van der Waals surface area contributed by atoms with Crippen LogP contribution < -0.4 is 0 Å². The minimum Gasteiger partial charge on any atom is -0.480 e. The van der Waals surface area contributed by atoms with E-state index in [9.17, 15) is 4.79 Å².